The number of nitrogens with one attached hydrogen (secondary N) is 1. The number of hydrogen-bond donors (Lipinski definition) is 2. The first-order chi connectivity index (χ1) is 12.4. The number of esters is 2. The van der Waals surface area contributed by atoms with Crippen molar-refractivity contribution in [2.75, 3.05) is 18.9 Å². The summed E-state index contributed by atoms with van der Waals surface area (Å²) in [7, 11) is 0. The maximum Gasteiger partial charge on any atom is 0.358 e. The largest absolute Gasteiger partial charge is 0.461 e. The van der Waals surface area contributed by atoms with E-state index in [2.05, 4.69) is 40.9 Å². The number of nitrogen functional groups attached to an aromatic ring is 1. The van der Waals surface area contributed by atoms with Crippen LogP contribution in [0.2, 0.25) is 0 Å². The number of nitrogens with two attached hydrogens (primary N) is 1. The zero-order valence-corrected chi connectivity index (χ0v) is 15.7. The number of aromatic nitrogens is 5. The summed E-state index contributed by atoms with van der Waals surface area (Å²) in [5.41, 5.74) is 6.42. The molecule has 3 aromatic rings. The van der Waals surface area contributed by atoms with Gasteiger partial charge >= 0.3 is 11.9 Å². The number of anilines is 1. The van der Waals surface area contributed by atoms with Gasteiger partial charge in [-0.3, -0.25) is 5.10 Å². The van der Waals surface area contributed by atoms with E-state index in [0.29, 0.717) is 18.9 Å². The number of halogens is 1. The molecule has 26 heavy (non-hydrogen) atoms. The molecule has 3 heterocycles. The fourth-order valence-corrected chi connectivity index (χ4v) is 2.11. The van der Waals surface area contributed by atoms with Crippen molar-refractivity contribution in [3.05, 3.63) is 40.4 Å². The molecule has 3 N–H and O–H groups in total. The standard InChI is InChI=1S/C9H8BrN3O2.C6H9N3O2/c1-2-15-9(14)7-3-8-11-4-6(10)5-13(8)12-7;1-2-11-6(10)4-3-5(7)9-8-4/h3-5H,2H2,1H3;3H,2H2,1H3,(H3,7,8,9). The van der Waals surface area contributed by atoms with Crippen LogP contribution in [0, 0.1) is 0 Å². The van der Waals surface area contributed by atoms with Crippen molar-refractivity contribution < 1.29 is 19.1 Å². The summed E-state index contributed by atoms with van der Waals surface area (Å²) in [6.07, 6.45) is 3.37. The minimum atomic E-state index is -0.434. The third-order valence-corrected chi connectivity index (χ3v) is 3.27. The van der Waals surface area contributed by atoms with Gasteiger partial charge in [0.1, 0.15) is 11.5 Å². The van der Waals surface area contributed by atoms with E-state index in [1.165, 1.54) is 10.6 Å². The second-order valence-electron chi connectivity index (χ2n) is 4.75. The summed E-state index contributed by atoms with van der Waals surface area (Å²) in [6.45, 7) is 4.17. The van der Waals surface area contributed by atoms with Crippen molar-refractivity contribution in [1.29, 1.82) is 0 Å². The Bertz CT molecular complexity index is 907. The molecule has 0 aliphatic rings. The molecule has 0 saturated heterocycles. The van der Waals surface area contributed by atoms with E-state index in [0.717, 1.165) is 4.47 Å². The van der Waals surface area contributed by atoms with Crippen LogP contribution in [-0.4, -0.2) is 49.9 Å². The van der Waals surface area contributed by atoms with Gasteiger partial charge in [-0.05, 0) is 29.8 Å². The molecule has 0 bridgehead atoms. The lowest BCUT2D eigenvalue weighted by Crippen LogP contribution is -2.05. The number of rotatable bonds is 4. The third kappa shape index (κ3) is 5.02. The Balaban J connectivity index is 0.000000197. The van der Waals surface area contributed by atoms with Crippen LogP contribution < -0.4 is 5.73 Å². The average Bonchev–Trinajstić information content (AvgIpc) is 3.22. The second-order valence-corrected chi connectivity index (χ2v) is 5.67. The highest BCUT2D eigenvalue weighted by Crippen LogP contribution is 2.10. The lowest BCUT2D eigenvalue weighted by molar-refractivity contribution is 0.0510. The summed E-state index contributed by atoms with van der Waals surface area (Å²) < 4.78 is 11.8. The molecule has 11 heteroatoms. The van der Waals surface area contributed by atoms with Gasteiger partial charge in [-0.25, -0.2) is 19.1 Å². The average molecular weight is 425 g/mol. The highest BCUT2D eigenvalue weighted by atomic mass is 79.9. The van der Waals surface area contributed by atoms with E-state index in [1.54, 1.807) is 32.3 Å². The molecule has 0 atom stereocenters. The Morgan fingerprint density at radius 2 is 1.92 bits per heavy atom. The van der Waals surface area contributed by atoms with Crippen molar-refractivity contribution in [3.8, 4) is 0 Å². The van der Waals surface area contributed by atoms with E-state index in [9.17, 15) is 9.59 Å². The monoisotopic (exact) mass is 424 g/mol. The van der Waals surface area contributed by atoms with Gasteiger partial charge in [0, 0.05) is 24.5 Å². The highest BCUT2D eigenvalue weighted by molar-refractivity contribution is 9.10. The molecule has 0 radical (unpaired) electrons. The van der Waals surface area contributed by atoms with E-state index in [1.807, 2.05) is 0 Å². The predicted molar refractivity (Wildman–Crippen MR) is 95.6 cm³/mol. The van der Waals surface area contributed by atoms with Crippen molar-refractivity contribution >= 4 is 39.3 Å². The first kappa shape index (κ1) is 19.4. The van der Waals surface area contributed by atoms with Crippen molar-refractivity contribution in [1.82, 2.24) is 24.8 Å². The van der Waals surface area contributed by atoms with Crippen molar-refractivity contribution in [2.24, 2.45) is 0 Å². The van der Waals surface area contributed by atoms with Crippen LogP contribution in [0.25, 0.3) is 5.65 Å². The van der Waals surface area contributed by atoms with Gasteiger partial charge in [-0.1, -0.05) is 0 Å². The van der Waals surface area contributed by atoms with E-state index < -0.39 is 11.9 Å². The topological polar surface area (TPSA) is 137 Å². The van der Waals surface area contributed by atoms with Gasteiger partial charge in [-0.2, -0.15) is 10.2 Å². The molecular formula is C15H17BrN6O4. The van der Waals surface area contributed by atoms with Gasteiger partial charge in [-0.15, -0.1) is 0 Å². The molecular weight excluding hydrogens is 408 g/mol. The normalized spacial score (nSPS) is 10.1. The Morgan fingerprint density at radius 1 is 1.23 bits per heavy atom. The van der Waals surface area contributed by atoms with E-state index >= 15 is 0 Å². The zero-order valence-electron chi connectivity index (χ0n) is 14.1. The zero-order chi connectivity index (χ0) is 19.1. The predicted octanol–water partition coefficient (Wildman–Crippen LogP) is 1.84. The van der Waals surface area contributed by atoms with Crippen LogP contribution in [0.3, 0.4) is 0 Å². The number of nitrogens with zero attached hydrogens (tertiary/aromatic N) is 4. The highest BCUT2D eigenvalue weighted by Gasteiger charge is 2.12. The number of fused-ring (bicyclic) bond motifs is 1. The molecule has 3 aromatic heterocycles. The first-order valence-electron chi connectivity index (χ1n) is 7.60. The second kappa shape index (κ2) is 8.94. The fourth-order valence-electron chi connectivity index (χ4n) is 1.81. The quantitative estimate of drug-likeness (QED) is 0.604. The Kier molecular flexibility index (Phi) is 6.67. The molecule has 0 aromatic carbocycles. The molecule has 10 nitrogen and oxygen atoms in total. The summed E-state index contributed by atoms with van der Waals surface area (Å²) in [4.78, 5) is 26.4. The molecule has 0 saturated carbocycles. The van der Waals surface area contributed by atoms with Gasteiger partial charge in [0.15, 0.2) is 11.3 Å². The summed E-state index contributed by atoms with van der Waals surface area (Å²) in [6, 6.07) is 3.02. The van der Waals surface area contributed by atoms with E-state index in [4.69, 9.17) is 10.5 Å². The third-order valence-electron chi connectivity index (χ3n) is 2.86. The maximum absolute atomic E-state index is 11.4. The van der Waals surface area contributed by atoms with Crippen LogP contribution >= 0.6 is 15.9 Å². The lowest BCUT2D eigenvalue weighted by Gasteiger charge is -1.95. The summed E-state index contributed by atoms with van der Waals surface area (Å²) in [5, 5.41) is 10.1. The summed E-state index contributed by atoms with van der Waals surface area (Å²) in [5.74, 6) is -0.580. The van der Waals surface area contributed by atoms with Gasteiger partial charge in [0.25, 0.3) is 0 Å². The Hall–Kier alpha value is -2.95. The number of aromatic amines is 1. The first-order valence-corrected chi connectivity index (χ1v) is 8.40. The van der Waals surface area contributed by atoms with Crippen LogP contribution in [-0.2, 0) is 9.47 Å². The van der Waals surface area contributed by atoms with Crippen molar-refractivity contribution in [3.63, 3.8) is 0 Å². The smallest absolute Gasteiger partial charge is 0.358 e. The number of ether oxygens (including phenoxy) is 2. The lowest BCUT2D eigenvalue weighted by atomic mass is 10.4. The van der Waals surface area contributed by atoms with E-state index in [-0.39, 0.29) is 17.2 Å². The molecule has 3 rings (SSSR count). The van der Waals surface area contributed by atoms with Gasteiger partial charge in [0.05, 0.1) is 17.7 Å². The Morgan fingerprint density at radius 3 is 2.54 bits per heavy atom. The SMILES string of the molecule is CCOC(=O)c1cc(N)n[nH]1.CCOC(=O)c1cc2ncc(Br)cn2n1. The van der Waals surface area contributed by atoms with Gasteiger partial charge in [0.2, 0.25) is 0 Å². The maximum atomic E-state index is 11.4. The van der Waals surface area contributed by atoms with Crippen molar-refractivity contribution in [2.45, 2.75) is 13.8 Å². The fraction of sp³-hybridized carbons (Fsp3) is 0.267. The molecule has 0 amide bonds. The van der Waals surface area contributed by atoms with Crippen LogP contribution in [0.15, 0.2) is 29.0 Å². The molecule has 0 spiro atoms. The Labute approximate surface area is 156 Å². The molecule has 0 fully saturated rings. The summed E-state index contributed by atoms with van der Waals surface area (Å²) >= 11 is 3.27. The molecule has 0 aliphatic heterocycles. The molecule has 138 valence electrons. The van der Waals surface area contributed by atoms with Crippen LogP contribution in [0.4, 0.5) is 5.82 Å². The van der Waals surface area contributed by atoms with Crippen LogP contribution in [0.1, 0.15) is 34.8 Å². The minimum absolute atomic E-state index is 0.266. The number of hydrogen-bond acceptors (Lipinski definition) is 8. The van der Waals surface area contributed by atoms with Gasteiger partial charge < -0.3 is 15.2 Å². The number of carbonyl (C=O) groups is 2. The van der Waals surface area contributed by atoms with Crippen LogP contribution in [0.5, 0.6) is 0 Å². The number of carbonyl (C=O) groups excluding carboxylic acids is 2. The number of H-pyrrole nitrogens is 1. The molecule has 0 aliphatic carbocycles. The minimum Gasteiger partial charge on any atom is -0.461 e. The molecule has 0 unspecified atom stereocenters.